The number of hydrogen-bond donors (Lipinski definition) is 0. The van der Waals surface area contributed by atoms with Gasteiger partial charge in [-0.1, -0.05) is 12.0 Å². The molecule has 3 nitrogen and oxygen atoms in total. The highest BCUT2D eigenvalue weighted by Crippen LogP contribution is 2.37. The average molecular weight is 377 g/mol. The van der Waals surface area contributed by atoms with E-state index in [0.717, 1.165) is 0 Å². The van der Waals surface area contributed by atoms with Crippen LogP contribution in [0.15, 0.2) is 18.2 Å². The smallest absolute Gasteiger partial charge is 0.265 e. The van der Waals surface area contributed by atoms with E-state index in [9.17, 15) is 13.6 Å². The van der Waals surface area contributed by atoms with Crippen molar-refractivity contribution in [1.29, 1.82) is 0 Å². The molecule has 0 saturated heterocycles. The highest BCUT2D eigenvalue weighted by molar-refractivity contribution is 7.30. The van der Waals surface area contributed by atoms with E-state index in [1.165, 1.54) is 4.90 Å². The molecule has 1 aliphatic heterocycles. The Bertz CT molecular complexity index is 909. The quantitative estimate of drug-likeness (QED) is 0.594. The number of carbonyl (C=O) groups excluding carboxylic acids is 1. The minimum Gasteiger partial charge on any atom is -0.482 e. The van der Waals surface area contributed by atoms with Crippen molar-refractivity contribution in [2.75, 3.05) is 18.1 Å². The summed E-state index contributed by atoms with van der Waals surface area (Å²) in [5, 5.41) is 0.743. The Morgan fingerprint density at radius 3 is 2.68 bits per heavy atom. The molecule has 0 N–H and O–H groups in total. The van der Waals surface area contributed by atoms with Crippen LogP contribution in [-0.2, 0) is 4.79 Å². The maximum atomic E-state index is 14.6. The Labute approximate surface area is 149 Å². The van der Waals surface area contributed by atoms with Crippen LogP contribution < -0.4 is 20.2 Å². The van der Waals surface area contributed by atoms with Crippen LogP contribution >= 0.6 is 18.5 Å². The van der Waals surface area contributed by atoms with E-state index in [-0.39, 0.29) is 29.9 Å². The number of benzene rings is 2. The molecule has 0 aliphatic carbocycles. The molecular formula is C18H15F2NO2P2. The third-order valence-corrected chi connectivity index (χ3v) is 5.57. The predicted octanol–water partition coefficient (Wildman–Crippen LogP) is 2.30. The fourth-order valence-electron chi connectivity index (χ4n) is 2.75. The van der Waals surface area contributed by atoms with Gasteiger partial charge in [0.25, 0.3) is 5.91 Å². The molecule has 7 heteroatoms. The van der Waals surface area contributed by atoms with Crippen LogP contribution in [0, 0.1) is 30.9 Å². The number of anilines is 1. The van der Waals surface area contributed by atoms with Crippen LogP contribution in [0.5, 0.6) is 5.75 Å². The summed E-state index contributed by atoms with van der Waals surface area (Å²) in [6.45, 7) is 1.69. The van der Waals surface area contributed by atoms with Crippen LogP contribution in [0.25, 0.3) is 11.1 Å². The second-order valence-electron chi connectivity index (χ2n) is 5.61. The highest BCUT2D eigenvalue weighted by atomic mass is 31.0. The van der Waals surface area contributed by atoms with Gasteiger partial charge in [-0.05, 0) is 35.5 Å². The maximum absolute atomic E-state index is 14.6. The summed E-state index contributed by atoms with van der Waals surface area (Å²) in [6, 6.07) is 4.86. The summed E-state index contributed by atoms with van der Waals surface area (Å²) < 4.78 is 34.2. The summed E-state index contributed by atoms with van der Waals surface area (Å²) in [5.41, 5.74) is 1.64. The number of fused-ring (bicyclic) bond motifs is 1. The van der Waals surface area contributed by atoms with Crippen molar-refractivity contribution in [2.45, 2.75) is 6.92 Å². The molecule has 0 aromatic heterocycles. The maximum Gasteiger partial charge on any atom is 0.265 e. The van der Waals surface area contributed by atoms with E-state index < -0.39 is 11.6 Å². The van der Waals surface area contributed by atoms with E-state index in [1.807, 2.05) is 0 Å². The summed E-state index contributed by atoms with van der Waals surface area (Å²) in [4.78, 5) is 13.4. The number of terminal acetylenes is 1. The molecular weight excluding hydrogens is 362 g/mol. The van der Waals surface area contributed by atoms with Gasteiger partial charge >= 0.3 is 0 Å². The second-order valence-corrected chi connectivity index (χ2v) is 6.77. The van der Waals surface area contributed by atoms with Gasteiger partial charge in [-0.3, -0.25) is 9.69 Å². The van der Waals surface area contributed by atoms with Crippen molar-refractivity contribution >= 4 is 40.7 Å². The van der Waals surface area contributed by atoms with Crippen molar-refractivity contribution < 1.29 is 18.3 Å². The normalized spacial score (nSPS) is 13.3. The van der Waals surface area contributed by atoms with E-state index in [2.05, 4.69) is 24.4 Å². The number of rotatable bonds is 2. The first kappa shape index (κ1) is 17.8. The first-order chi connectivity index (χ1) is 11.9. The Balaban J connectivity index is 2.22. The number of halogens is 2. The molecule has 1 heterocycles. The monoisotopic (exact) mass is 377 g/mol. The van der Waals surface area contributed by atoms with Gasteiger partial charge in [-0.15, -0.1) is 24.9 Å². The molecule has 1 amide bonds. The largest absolute Gasteiger partial charge is 0.482 e. The van der Waals surface area contributed by atoms with E-state index in [4.69, 9.17) is 11.2 Å². The topological polar surface area (TPSA) is 29.5 Å². The van der Waals surface area contributed by atoms with Gasteiger partial charge < -0.3 is 4.74 Å². The molecule has 2 unspecified atom stereocenters. The lowest BCUT2D eigenvalue weighted by molar-refractivity contribution is -0.121. The minimum atomic E-state index is -0.938. The molecule has 0 saturated carbocycles. The van der Waals surface area contributed by atoms with E-state index in [1.54, 1.807) is 25.1 Å². The van der Waals surface area contributed by atoms with Crippen molar-refractivity contribution in [2.24, 2.45) is 0 Å². The van der Waals surface area contributed by atoms with E-state index in [0.29, 0.717) is 27.9 Å². The number of amides is 1. The number of nitrogens with zero attached hydrogens (tertiary/aromatic N) is 1. The molecule has 25 heavy (non-hydrogen) atoms. The molecule has 0 fully saturated rings. The third-order valence-electron chi connectivity index (χ3n) is 4.17. The molecule has 0 bridgehead atoms. The Morgan fingerprint density at radius 1 is 1.28 bits per heavy atom. The predicted molar refractivity (Wildman–Crippen MR) is 102 cm³/mol. The molecule has 2 atom stereocenters. The minimum absolute atomic E-state index is 0.0762. The van der Waals surface area contributed by atoms with Crippen LogP contribution in [-0.4, -0.2) is 19.1 Å². The summed E-state index contributed by atoms with van der Waals surface area (Å²) in [5.74, 6) is 0.774. The average Bonchev–Trinajstić information content (AvgIpc) is 2.61. The van der Waals surface area contributed by atoms with Crippen LogP contribution in [0.4, 0.5) is 14.5 Å². The fourth-order valence-corrected chi connectivity index (χ4v) is 3.65. The zero-order valence-corrected chi connectivity index (χ0v) is 15.7. The van der Waals surface area contributed by atoms with Crippen LogP contribution in [0.3, 0.4) is 0 Å². The molecule has 0 spiro atoms. The Kier molecular flexibility index (Phi) is 4.78. The lowest BCUT2D eigenvalue weighted by Crippen LogP contribution is -2.39. The summed E-state index contributed by atoms with van der Waals surface area (Å²) >= 11 is 0. The zero-order chi connectivity index (χ0) is 18.3. The van der Waals surface area contributed by atoms with Crippen molar-refractivity contribution in [3.8, 4) is 29.2 Å². The van der Waals surface area contributed by atoms with Crippen molar-refractivity contribution in [1.82, 2.24) is 0 Å². The Morgan fingerprint density at radius 2 is 2.00 bits per heavy atom. The zero-order valence-electron chi connectivity index (χ0n) is 13.4. The lowest BCUT2D eigenvalue weighted by atomic mass is 10.0. The van der Waals surface area contributed by atoms with Gasteiger partial charge in [0.2, 0.25) is 0 Å². The van der Waals surface area contributed by atoms with Crippen LogP contribution in [0.2, 0.25) is 0 Å². The molecule has 2 aromatic carbocycles. The summed E-state index contributed by atoms with van der Waals surface area (Å²) in [6.07, 6.45) is 5.33. The van der Waals surface area contributed by atoms with Gasteiger partial charge in [-0.25, -0.2) is 8.78 Å². The highest BCUT2D eigenvalue weighted by Gasteiger charge is 2.27. The van der Waals surface area contributed by atoms with Crippen molar-refractivity contribution in [3.63, 3.8) is 0 Å². The first-order valence-electron chi connectivity index (χ1n) is 7.40. The van der Waals surface area contributed by atoms with Gasteiger partial charge in [-0.2, -0.15) is 0 Å². The van der Waals surface area contributed by atoms with Crippen LogP contribution in [0.1, 0.15) is 5.56 Å². The number of ether oxygens (including phenoxy) is 1. The number of hydrogen-bond acceptors (Lipinski definition) is 2. The van der Waals surface area contributed by atoms with E-state index >= 15 is 0 Å². The number of carbonyl (C=O) groups is 1. The third kappa shape index (κ3) is 2.91. The molecule has 128 valence electrons. The molecule has 0 radical (unpaired) electrons. The lowest BCUT2D eigenvalue weighted by Gasteiger charge is -2.28. The van der Waals surface area contributed by atoms with Gasteiger partial charge in [0.05, 0.1) is 12.2 Å². The fraction of sp³-hybridized carbons (Fsp3) is 0.167. The SMILES string of the molecule is C#CCN1C(=O)COc2ccc(-c3c(F)c(F)c(P)c(C)c3P)cc21. The van der Waals surface area contributed by atoms with Gasteiger partial charge in [0.1, 0.15) is 5.75 Å². The summed E-state index contributed by atoms with van der Waals surface area (Å²) in [7, 11) is 4.67. The second kappa shape index (κ2) is 6.71. The van der Waals surface area contributed by atoms with Crippen molar-refractivity contribution in [3.05, 3.63) is 35.4 Å². The Hall–Kier alpha value is -2.01. The molecule has 2 aromatic rings. The van der Waals surface area contributed by atoms with Gasteiger partial charge in [0, 0.05) is 10.9 Å². The molecule has 3 rings (SSSR count). The first-order valence-corrected chi connectivity index (χ1v) is 8.55. The molecule has 1 aliphatic rings. The standard InChI is InChI=1S/C18H15F2NO2P2/c1-3-6-21-11-7-10(4-5-12(11)23-8-13(21)22)14-15(19)16(20)18(25)9(2)17(14)24/h1,4-5,7H,6,8,24-25H2,2H3. The van der Waals surface area contributed by atoms with Gasteiger partial charge in [0.15, 0.2) is 18.2 Å².